The molecule has 0 spiro atoms. The predicted molar refractivity (Wildman–Crippen MR) is 85.3 cm³/mol. The lowest BCUT2D eigenvalue weighted by Gasteiger charge is -2.49. The number of carbonyl (C=O) groups is 1. The van der Waals surface area contributed by atoms with Crippen molar-refractivity contribution in [2.75, 3.05) is 13.7 Å². The summed E-state index contributed by atoms with van der Waals surface area (Å²) in [7, 11) is 1.68. The van der Waals surface area contributed by atoms with E-state index < -0.39 is 5.60 Å². The first-order valence-electron chi connectivity index (χ1n) is 8.62. The largest absolute Gasteiger partial charge is 0.497 e. The van der Waals surface area contributed by atoms with Crippen molar-refractivity contribution in [1.29, 1.82) is 0 Å². The number of hydrogen-bond acceptors (Lipinski definition) is 4. The molecule has 2 aliphatic carbocycles. The number of ether oxygens (including phenoxy) is 2. The van der Waals surface area contributed by atoms with E-state index in [4.69, 9.17) is 9.47 Å². The van der Waals surface area contributed by atoms with Crippen molar-refractivity contribution in [3.8, 4) is 5.75 Å². The summed E-state index contributed by atoms with van der Waals surface area (Å²) in [6.45, 7) is 0.341. The Kier molecular flexibility index (Phi) is 3.69. The molecule has 1 N–H and O–H groups in total. The van der Waals surface area contributed by atoms with Crippen molar-refractivity contribution in [3.05, 3.63) is 29.3 Å². The van der Waals surface area contributed by atoms with E-state index in [-0.39, 0.29) is 17.9 Å². The van der Waals surface area contributed by atoms with E-state index in [0.29, 0.717) is 18.9 Å². The maximum absolute atomic E-state index is 11.2. The first-order chi connectivity index (χ1) is 11.2. The highest BCUT2D eigenvalue weighted by atomic mass is 16.5. The van der Waals surface area contributed by atoms with E-state index in [9.17, 15) is 9.90 Å². The molecule has 0 bridgehead atoms. The van der Waals surface area contributed by atoms with Crippen molar-refractivity contribution in [1.82, 2.24) is 0 Å². The molecule has 4 rings (SSSR count). The van der Waals surface area contributed by atoms with Gasteiger partial charge in [-0.3, -0.25) is 0 Å². The molecule has 1 aromatic carbocycles. The number of aliphatic hydroxyl groups is 1. The fourth-order valence-electron chi connectivity index (χ4n) is 5.18. The Labute approximate surface area is 136 Å². The monoisotopic (exact) mass is 316 g/mol. The third-order valence-corrected chi connectivity index (χ3v) is 6.36. The van der Waals surface area contributed by atoms with Crippen molar-refractivity contribution in [3.63, 3.8) is 0 Å². The van der Waals surface area contributed by atoms with Crippen molar-refractivity contribution in [2.24, 2.45) is 17.8 Å². The van der Waals surface area contributed by atoms with Gasteiger partial charge in [-0.15, -0.1) is 0 Å². The maximum Gasteiger partial charge on any atom is 0.120 e. The van der Waals surface area contributed by atoms with Crippen LogP contribution in [0.1, 0.15) is 42.9 Å². The molecule has 1 aromatic rings. The maximum atomic E-state index is 11.2. The average molecular weight is 316 g/mol. The number of aldehydes is 1. The number of methoxy groups -OCH3 is 1. The molecular weight excluding hydrogens is 292 g/mol. The Bertz CT molecular complexity index is 613. The van der Waals surface area contributed by atoms with Crippen LogP contribution in [0.4, 0.5) is 0 Å². The quantitative estimate of drug-likeness (QED) is 0.871. The molecule has 0 aromatic heterocycles. The fraction of sp³-hybridized carbons (Fsp3) is 0.632. The summed E-state index contributed by atoms with van der Waals surface area (Å²) in [5, 5.41) is 11.2. The zero-order chi connectivity index (χ0) is 16.0. The summed E-state index contributed by atoms with van der Waals surface area (Å²) in [5.41, 5.74) is 1.74. The third kappa shape index (κ3) is 2.23. The summed E-state index contributed by atoms with van der Waals surface area (Å²) < 4.78 is 11.6. The highest BCUT2D eigenvalue weighted by Crippen LogP contribution is 2.56. The lowest BCUT2D eigenvalue weighted by Crippen LogP contribution is -2.53. The number of aryl methyl sites for hydroxylation is 1. The highest BCUT2D eigenvalue weighted by Gasteiger charge is 2.57. The van der Waals surface area contributed by atoms with Crippen LogP contribution in [-0.4, -0.2) is 30.7 Å². The second-order valence-electron chi connectivity index (χ2n) is 7.27. The molecule has 5 atom stereocenters. The zero-order valence-electron chi connectivity index (χ0n) is 13.5. The number of carbonyl (C=O) groups excluding carboxylic acids is 1. The summed E-state index contributed by atoms with van der Waals surface area (Å²) in [6, 6.07) is 6.24. The van der Waals surface area contributed by atoms with Crippen LogP contribution in [-0.2, 0) is 16.0 Å². The Morgan fingerprint density at radius 1 is 1.39 bits per heavy atom. The predicted octanol–water partition coefficient (Wildman–Crippen LogP) is 2.68. The van der Waals surface area contributed by atoms with Gasteiger partial charge in [0.1, 0.15) is 12.0 Å². The summed E-state index contributed by atoms with van der Waals surface area (Å²) >= 11 is 0. The average Bonchev–Trinajstić information content (AvgIpc) is 2.91. The molecule has 23 heavy (non-hydrogen) atoms. The SMILES string of the molecule is COc1ccc2c(c1)[C@H]1OC[C@]3(O)[C@H](CC=O)CC[C@H]3[C@@H]1CC2. The van der Waals surface area contributed by atoms with Crippen molar-refractivity contribution in [2.45, 2.75) is 43.8 Å². The molecule has 0 amide bonds. The standard InChI is InChI=1S/C19H24O4/c1-22-14-5-2-12-3-6-15-17-7-4-13(8-9-20)19(17,21)11-23-18(15)16(12)10-14/h2,5,9-10,13,15,17-18,21H,3-4,6-8,11H2,1H3/t13-,15-,17-,18-,19-/m0/s1. The van der Waals surface area contributed by atoms with Gasteiger partial charge in [-0.2, -0.15) is 0 Å². The van der Waals surface area contributed by atoms with Crippen LogP contribution >= 0.6 is 0 Å². The van der Waals surface area contributed by atoms with Gasteiger partial charge in [-0.1, -0.05) is 6.07 Å². The number of hydrogen-bond donors (Lipinski definition) is 1. The van der Waals surface area contributed by atoms with E-state index in [1.807, 2.05) is 6.07 Å². The summed E-state index contributed by atoms with van der Waals surface area (Å²) in [4.78, 5) is 10.9. The molecule has 4 nitrogen and oxygen atoms in total. The van der Waals surface area contributed by atoms with Gasteiger partial charge >= 0.3 is 0 Å². The minimum Gasteiger partial charge on any atom is -0.497 e. The van der Waals surface area contributed by atoms with Gasteiger partial charge < -0.3 is 19.4 Å². The molecule has 1 saturated carbocycles. The molecule has 0 unspecified atom stereocenters. The van der Waals surface area contributed by atoms with E-state index in [0.717, 1.165) is 37.7 Å². The van der Waals surface area contributed by atoms with Crippen molar-refractivity contribution < 1.29 is 19.4 Å². The Morgan fingerprint density at radius 3 is 3.04 bits per heavy atom. The fourth-order valence-corrected chi connectivity index (χ4v) is 5.18. The lowest BCUT2D eigenvalue weighted by atomic mass is 9.67. The Hall–Kier alpha value is -1.39. The molecule has 4 heteroatoms. The van der Waals surface area contributed by atoms with Crippen LogP contribution in [0.3, 0.4) is 0 Å². The van der Waals surface area contributed by atoms with Gasteiger partial charge in [0, 0.05) is 6.42 Å². The van der Waals surface area contributed by atoms with Gasteiger partial charge in [0.25, 0.3) is 0 Å². The first-order valence-corrected chi connectivity index (χ1v) is 8.62. The molecule has 1 saturated heterocycles. The van der Waals surface area contributed by atoms with Gasteiger partial charge in [-0.05, 0) is 66.7 Å². The second-order valence-corrected chi connectivity index (χ2v) is 7.27. The van der Waals surface area contributed by atoms with Crippen LogP contribution in [0, 0.1) is 17.8 Å². The van der Waals surface area contributed by atoms with Crippen molar-refractivity contribution >= 4 is 6.29 Å². The van der Waals surface area contributed by atoms with Crippen LogP contribution in [0.2, 0.25) is 0 Å². The van der Waals surface area contributed by atoms with E-state index in [2.05, 4.69) is 12.1 Å². The van der Waals surface area contributed by atoms with Gasteiger partial charge in [-0.25, -0.2) is 0 Å². The zero-order valence-corrected chi connectivity index (χ0v) is 13.5. The van der Waals surface area contributed by atoms with E-state index >= 15 is 0 Å². The number of rotatable bonds is 3. The molecule has 2 fully saturated rings. The van der Waals surface area contributed by atoms with Gasteiger partial charge in [0.05, 0.1) is 25.4 Å². The van der Waals surface area contributed by atoms with Crippen LogP contribution < -0.4 is 4.74 Å². The normalized spacial score (nSPS) is 38.3. The minimum absolute atomic E-state index is 0.0501. The minimum atomic E-state index is -0.821. The van der Waals surface area contributed by atoms with Gasteiger partial charge in [0.15, 0.2) is 0 Å². The molecule has 3 aliphatic rings. The van der Waals surface area contributed by atoms with Crippen LogP contribution in [0.25, 0.3) is 0 Å². The van der Waals surface area contributed by atoms with Crippen LogP contribution in [0.5, 0.6) is 5.75 Å². The smallest absolute Gasteiger partial charge is 0.120 e. The summed E-state index contributed by atoms with van der Waals surface area (Å²) in [6.07, 6.45) is 5.43. The molecule has 1 aliphatic heterocycles. The van der Waals surface area contributed by atoms with Gasteiger partial charge in [0.2, 0.25) is 0 Å². The highest BCUT2D eigenvalue weighted by molar-refractivity contribution is 5.50. The molecule has 1 heterocycles. The van der Waals surface area contributed by atoms with E-state index in [1.54, 1.807) is 7.11 Å². The number of fused-ring (bicyclic) bond motifs is 5. The third-order valence-electron chi connectivity index (χ3n) is 6.36. The number of benzene rings is 1. The van der Waals surface area contributed by atoms with Crippen LogP contribution in [0.15, 0.2) is 18.2 Å². The van der Waals surface area contributed by atoms with E-state index in [1.165, 1.54) is 11.1 Å². The Morgan fingerprint density at radius 2 is 2.26 bits per heavy atom. The summed E-state index contributed by atoms with van der Waals surface area (Å²) in [5.74, 6) is 1.49. The topological polar surface area (TPSA) is 55.8 Å². The lowest BCUT2D eigenvalue weighted by molar-refractivity contribution is -0.195. The second kappa shape index (κ2) is 5.60. The first kappa shape index (κ1) is 15.2. The molecule has 124 valence electrons. The molecule has 0 radical (unpaired) electrons. The Balaban J connectivity index is 1.66. The molecular formula is C19H24O4.